The summed E-state index contributed by atoms with van der Waals surface area (Å²) < 4.78 is 13.9. The van der Waals surface area contributed by atoms with Gasteiger partial charge >= 0.3 is 0 Å². The molecule has 0 aliphatic heterocycles. The largest absolute Gasteiger partial charge is 0.310 e. The highest BCUT2D eigenvalue weighted by Gasteiger charge is 2.20. The van der Waals surface area contributed by atoms with Crippen molar-refractivity contribution in [2.24, 2.45) is 0 Å². The topological polar surface area (TPSA) is 45.8 Å². The van der Waals surface area contributed by atoms with Crippen molar-refractivity contribution in [2.45, 2.75) is 33.1 Å². The zero-order valence-electron chi connectivity index (χ0n) is 11.5. The van der Waals surface area contributed by atoms with Gasteiger partial charge in [-0.25, -0.2) is 9.37 Å². The molecule has 1 aromatic carbocycles. The third-order valence-electron chi connectivity index (χ3n) is 2.99. The summed E-state index contributed by atoms with van der Waals surface area (Å²) in [5.41, 5.74) is 0.673. The zero-order valence-corrected chi connectivity index (χ0v) is 11.5. The van der Waals surface area contributed by atoms with Crippen LogP contribution < -0.4 is 5.56 Å². The van der Waals surface area contributed by atoms with Crippen LogP contribution >= 0.6 is 0 Å². The van der Waals surface area contributed by atoms with Gasteiger partial charge < -0.3 is 4.98 Å². The SMILES string of the molecule is Cc1c(-c2ccccc2F)nc(C(C)(C)C)[nH]c1=O. The van der Waals surface area contributed by atoms with Crippen LogP contribution in [0.4, 0.5) is 4.39 Å². The Morgan fingerprint density at radius 2 is 1.84 bits per heavy atom. The second kappa shape index (κ2) is 4.61. The Kier molecular flexibility index (Phi) is 3.27. The second-order valence-corrected chi connectivity index (χ2v) is 5.62. The van der Waals surface area contributed by atoms with E-state index in [0.717, 1.165) is 0 Å². The molecular weight excluding hydrogens is 243 g/mol. The average Bonchev–Trinajstić information content (AvgIpc) is 2.32. The maximum atomic E-state index is 13.9. The Hall–Kier alpha value is -1.97. The van der Waals surface area contributed by atoms with Gasteiger partial charge in [0, 0.05) is 16.5 Å². The predicted molar refractivity (Wildman–Crippen MR) is 73.7 cm³/mol. The molecule has 2 aromatic rings. The lowest BCUT2D eigenvalue weighted by molar-refractivity contribution is 0.542. The summed E-state index contributed by atoms with van der Waals surface area (Å²) in [4.78, 5) is 19.2. The monoisotopic (exact) mass is 260 g/mol. The fraction of sp³-hybridized carbons (Fsp3) is 0.333. The van der Waals surface area contributed by atoms with Crippen molar-refractivity contribution in [3.05, 3.63) is 51.8 Å². The summed E-state index contributed by atoms with van der Waals surface area (Å²) in [5, 5.41) is 0. The lowest BCUT2D eigenvalue weighted by Gasteiger charge is -2.18. The van der Waals surface area contributed by atoms with E-state index in [0.29, 0.717) is 22.6 Å². The number of benzene rings is 1. The van der Waals surface area contributed by atoms with Crippen molar-refractivity contribution >= 4 is 0 Å². The zero-order chi connectivity index (χ0) is 14.2. The number of aromatic amines is 1. The molecule has 1 aromatic heterocycles. The molecule has 1 heterocycles. The Bertz CT molecular complexity index is 669. The molecule has 100 valence electrons. The van der Waals surface area contributed by atoms with Crippen molar-refractivity contribution in [1.82, 2.24) is 9.97 Å². The number of hydrogen-bond acceptors (Lipinski definition) is 2. The number of rotatable bonds is 1. The van der Waals surface area contributed by atoms with Crippen LogP contribution in [0, 0.1) is 12.7 Å². The van der Waals surface area contributed by atoms with Crippen molar-refractivity contribution in [3.63, 3.8) is 0 Å². The molecule has 0 spiro atoms. The van der Waals surface area contributed by atoms with E-state index in [4.69, 9.17) is 0 Å². The number of nitrogens with zero attached hydrogens (tertiary/aromatic N) is 1. The summed E-state index contributed by atoms with van der Waals surface area (Å²) in [6.45, 7) is 7.50. The van der Waals surface area contributed by atoms with Crippen LogP contribution in [0.2, 0.25) is 0 Å². The molecule has 3 nitrogen and oxygen atoms in total. The molecule has 4 heteroatoms. The van der Waals surface area contributed by atoms with E-state index in [9.17, 15) is 9.18 Å². The van der Waals surface area contributed by atoms with Gasteiger partial charge in [0.1, 0.15) is 11.6 Å². The third kappa shape index (κ3) is 2.57. The highest BCUT2D eigenvalue weighted by Crippen LogP contribution is 2.25. The molecule has 0 atom stereocenters. The van der Waals surface area contributed by atoms with Gasteiger partial charge in [0.15, 0.2) is 0 Å². The lowest BCUT2D eigenvalue weighted by Crippen LogP contribution is -2.24. The Labute approximate surface area is 111 Å². The van der Waals surface area contributed by atoms with E-state index in [1.807, 2.05) is 20.8 Å². The molecule has 0 unspecified atom stereocenters. The van der Waals surface area contributed by atoms with E-state index in [1.54, 1.807) is 25.1 Å². The Balaban J connectivity index is 2.74. The van der Waals surface area contributed by atoms with E-state index in [-0.39, 0.29) is 16.8 Å². The highest BCUT2D eigenvalue weighted by atomic mass is 19.1. The molecule has 0 aliphatic rings. The van der Waals surface area contributed by atoms with Crippen LogP contribution in [0.25, 0.3) is 11.3 Å². The minimum Gasteiger partial charge on any atom is -0.310 e. The number of nitrogens with one attached hydrogen (secondary N) is 1. The first-order valence-electron chi connectivity index (χ1n) is 6.17. The fourth-order valence-electron chi connectivity index (χ4n) is 1.80. The molecule has 0 radical (unpaired) electrons. The molecule has 0 bridgehead atoms. The van der Waals surface area contributed by atoms with Gasteiger partial charge in [0.2, 0.25) is 0 Å². The quantitative estimate of drug-likeness (QED) is 0.856. The van der Waals surface area contributed by atoms with Crippen LogP contribution in [-0.4, -0.2) is 9.97 Å². The minimum absolute atomic E-state index is 0.224. The first kappa shape index (κ1) is 13.5. The van der Waals surface area contributed by atoms with Gasteiger partial charge in [-0.15, -0.1) is 0 Å². The van der Waals surface area contributed by atoms with Gasteiger partial charge in [0.05, 0.1) is 5.69 Å². The fourth-order valence-corrected chi connectivity index (χ4v) is 1.80. The molecule has 0 fully saturated rings. The van der Waals surface area contributed by atoms with Crippen LogP contribution in [0.15, 0.2) is 29.1 Å². The molecule has 0 saturated heterocycles. The highest BCUT2D eigenvalue weighted by molar-refractivity contribution is 5.63. The van der Waals surface area contributed by atoms with Crippen LogP contribution in [-0.2, 0) is 5.41 Å². The second-order valence-electron chi connectivity index (χ2n) is 5.62. The molecular formula is C15H17FN2O. The Morgan fingerprint density at radius 1 is 1.21 bits per heavy atom. The predicted octanol–water partition coefficient (Wildman–Crippen LogP) is 3.18. The van der Waals surface area contributed by atoms with Gasteiger partial charge in [-0.05, 0) is 19.1 Å². The van der Waals surface area contributed by atoms with Gasteiger partial charge in [0.25, 0.3) is 5.56 Å². The normalized spacial score (nSPS) is 11.6. The summed E-state index contributed by atoms with van der Waals surface area (Å²) in [5.74, 6) is 0.185. The van der Waals surface area contributed by atoms with Gasteiger partial charge in [-0.1, -0.05) is 32.9 Å². The van der Waals surface area contributed by atoms with Crippen LogP contribution in [0.3, 0.4) is 0 Å². The molecule has 19 heavy (non-hydrogen) atoms. The third-order valence-corrected chi connectivity index (χ3v) is 2.99. The molecule has 0 saturated carbocycles. The summed E-state index contributed by atoms with van der Waals surface area (Å²) in [7, 11) is 0. The summed E-state index contributed by atoms with van der Waals surface area (Å²) >= 11 is 0. The average molecular weight is 260 g/mol. The number of H-pyrrole nitrogens is 1. The first-order valence-corrected chi connectivity index (χ1v) is 6.17. The van der Waals surface area contributed by atoms with Crippen LogP contribution in [0.1, 0.15) is 32.2 Å². The smallest absolute Gasteiger partial charge is 0.254 e. The molecule has 1 N–H and O–H groups in total. The maximum Gasteiger partial charge on any atom is 0.254 e. The lowest BCUT2D eigenvalue weighted by atomic mass is 9.95. The van der Waals surface area contributed by atoms with Gasteiger partial charge in [-0.3, -0.25) is 4.79 Å². The standard InChI is InChI=1S/C15H17FN2O/c1-9-12(10-7-5-6-8-11(10)16)17-14(15(2,3)4)18-13(9)19/h5-8H,1-4H3,(H,17,18,19). The van der Waals surface area contributed by atoms with Gasteiger partial charge in [-0.2, -0.15) is 0 Å². The molecule has 0 aliphatic carbocycles. The van der Waals surface area contributed by atoms with E-state index < -0.39 is 0 Å². The van der Waals surface area contributed by atoms with E-state index in [1.165, 1.54) is 6.07 Å². The maximum absolute atomic E-state index is 13.9. The Morgan fingerprint density at radius 3 is 2.42 bits per heavy atom. The minimum atomic E-state index is -0.372. The molecule has 2 rings (SSSR count). The molecule has 0 amide bonds. The van der Waals surface area contributed by atoms with Crippen molar-refractivity contribution in [2.75, 3.05) is 0 Å². The van der Waals surface area contributed by atoms with Crippen molar-refractivity contribution < 1.29 is 4.39 Å². The summed E-state index contributed by atoms with van der Waals surface area (Å²) in [6, 6.07) is 6.36. The summed E-state index contributed by atoms with van der Waals surface area (Å²) in [6.07, 6.45) is 0. The van der Waals surface area contributed by atoms with Crippen molar-refractivity contribution in [1.29, 1.82) is 0 Å². The number of halogens is 1. The van der Waals surface area contributed by atoms with Crippen LogP contribution in [0.5, 0.6) is 0 Å². The van der Waals surface area contributed by atoms with E-state index in [2.05, 4.69) is 9.97 Å². The first-order chi connectivity index (χ1) is 8.80. The van der Waals surface area contributed by atoms with E-state index >= 15 is 0 Å². The van der Waals surface area contributed by atoms with Crippen molar-refractivity contribution in [3.8, 4) is 11.3 Å². The number of hydrogen-bond donors (Lipinski definition) is 1. The number of aromatic nitrogens is 2.